The van der Waals surface area contributed by atoms with Crippen molar-refractivity contribution in [2.24, 2.45) is 0 Å². The molecule has 0 bridgehead atoms. The van der Waals surface area contributed by atoms with Gasteiger partial charge in [0.2, 0.25) is 10.0 Å². The fraction of sp³-hybridized carbons (Fsp3) is 0.357. The summed E-state index contributed by atoms with van der Waals surface area (Å²) in [5.74, 6) is 0. The van der Waals surface area contributed by atoms with Gasteiger partial charge in [-0.3, -0.25) is 4.98 Å². The van der Waals surface area contributed by atoms with Crippen LogP contribution in [0, 0.1) is 6.92 Å². The molecule has 1 N–H and O–H groups in total. The summed E-state index contributed by atoms with van der Waals surface area (Å²) in [6.07, 6.45) is 1.66. The number of fused-ring (bicyclic) bond motifs is 1. The van der Waals surface area contributed by atoms with Crippen LogP contribution in [0.5, 0.6) is 0 Å². The van der Waals surface area contributed by atoms with Crippen molar-refractivity contribution in [2.75, 3.05) is 20.3 Å². The predicted octanol–water partition coefficient (Wildman–Crippen LogP) is 2.23. The van der Waals surface area contributed by atoms with Crippen molar-refractivity contribution < 1.29 is 13.2 Å². The Balaban J connectivity index is 2.35. The van der Waals surface area contributed by atoms with Gasteiger partial charge in [0.15, 0.2) is 0 Å². The smallest absolute Gasteiger partial charge is 0.241 e. The number of alkyl halides is 1. The molecule has 0 aliphatic rings. The van der Waals surface area contributed by atoms with Gasteiger partial charge in [0, 0.05) is 25.2 Å². The third kappa shape index (κ3) is 3.79. The van der Waals surface area contributed by atoms with Gasteiger partial charge in [-0.05, 0) is 30.7 Å². The van der Waals surface area contributed by atoms with Gasteiger partial charge in [0.1, 0.15) is 0 Å². The summed E-state index contributed by atoms with van der Waals surface area (Å²) in [6.45, 7) is 2.59. The lowest BCUT2D eigenvalue weighted by atomic mass is 10.1. The number of aryl methyl sites for hydroxylation is 1. The number of hydrogen-bond donors (Lipinski definition) is 1. The average molecular weight is 373 g/mol. The van der Waals surface area contributed by atoms with Crippen LogP contribution in [0.2, 0.25) is 0 Å². The second-order valence-corrected chi connectivity index (χ2v) is 7.72. The highest BCUT2D eigenvalue weighted by molar-refractivity contribution is 9.09. The zero-order valence-electron chi connectivity index (χ0n) is 11.8. The number of hydrogen-bond acceptors (Lipinski definition) is 4. The molecule has 1 aromatic heterocycles. The first-order valence-electron chi connectivity index (χ1n) is 6.42. The molecule has 7 heteroatoms. The van der Waals surface area contributed by atoms with Crippen LogP contribution in [-0.2, 0) is 14.8 Å². The monoisotopic (exact) mass is 372 g/mol. The number of nitrogens with zero attached hydrogens (tertiary/aromatic N) is 1. The number of pyridine rings is 1. The minimum atomic E-state index is -3.59. The number of ether oxygens (including phenoxy) is 1. The molecule has 1 atom stereocenters. The SMILES string of the molecule is COCC(Br)CNS(=O)(=O)c1ccc(C)c2ncccc12. The molecule has 1 aromatic carbocycles. The summed E-state index contributed by atoms with van der Waals surface area (Å²) >= 11 is 3.36. The molecule has 0 fully saturated rings. The van der Waals surface area contributed by atoms with E-state index in [1.807, 2.05) is 6.92 Å². The minimum Gasteiger partial charge on any atom is -0.383 e. The second-order valence-electron chi connectivity index (χ2n) is 4.68. The van der Waals surface area contributed by atoms with Gasteiger partial charge in [0.25, 0.3) is 0 Å². The van der Waals surface area contributed by atoms with Crippen LogP contribution >= 0.6 is 15.9 Å². The molecule has 0 aliphatic heterocycles. The van der Waals surface area contributed by atoms with Crippen molar-refractivity contribution in [1.29, 1.82) is 0 Å². The lowest BCUT2D eigenvalue weighted by Gasteiger charge is -2.13. The molecule has 0 spiro atoms. The van der Waals surface area contributed by atoms with Crippen LogP contribution in [-0.4, -0.2) is 38.5 Å². The molecule has 2 rings (SSSR count). The molecule has 0 amide bonds. The maximum atomic E-state index is 12.5. The van der Waals surface area contributed by atoms with Crippen molar-refractivity contribution in [3.63, 3.8) is 0 Å². The summed E-state index contributed by atoms with van der Waals surface area (Å²) in [7, 11) is -2.02. The molecular formula is C14H17BrN2O3S. The van der Waals surface area contributed by atoms with E-state index in [2.05, 4.69) is 25.6 Å². The van der Waals surface area contributed by atoms with Gasteiger partial charge in [-0.1, -0.05) is 22.0 Å². The highest BCUT2D eigenvalue weighted by Crippen LogP contribution is 2.24. The van der Waals surface area contributed by atoms with E-state index >= 15 is 0 Å². The van der Waals surface area contributed by atoms with Crippen LogP contribution in [0.1, 0.15) is 5.56 Å². The average Bonchev–Trinajstić information content (AvgIpc) is 2.46. The first-order chi connectivity index (χ1) is 9.95. The molecule has 2 aromatic rings. The molecule has 0 saturated heterocycles. The van der Waals surface area contributed by atoms with Gasteiger partial charge >= 0.3 is 0 Å². The van der Waals surface area contributed by atoms with Gasteiger partial charge in [-0.2, -0.15) is 0 Å². The lowest BCUT2D eigenvalue weighted by Crippen LogP contribution is -2.31. The van der Waals surface area contributed by atoms with Crippen LogP contribution < -0.4 is 4.72 Å². The molecule has 5 nitrogen and oxygen atoms in total. The third-order valence-corrected chi connectivity index (χ3v) is 5.13. The summed E-state index contributed by atoms with van der Waals surface area (Å²) in [5, 5.41) is 0.628. The van der Waals surface area contributed by atoms with Crippen LogP contribution in [0.15, 0.2) is 35.4 Å². The zero-order chi connectivity index (χ0) is 15.5. The predicted molar refractivity (Wildman–Crippen MR) is 86.3 cm³/mol. The Bertz CT molecular complexity index is 734. The summed E-state index contributed by atoms with van der Waals surface area (Å²) in [5.41, 5.74) is 1.65. The van der Waals surface area contributed by atoms with E-state index in [0.29, 0.717) is 17.5 Å². The van der Waals surface area contributed by atoms with Crippen molar-refractivity contribution in [2.45, 2.75) is 16.6 Å². The zero-order valence-corrected chi connectivity index (χ0v) is 14.2. The fourth-order valence-electron chi connectivity index (χ4n) is 2.04. The van der Waals surface area contributed by atoms with Gasteiger partial charge < -0.3 is 4.74 Å². The summed E-state index contributed by atoms with van der Waals surface area (Å²) < 4.78 is 32.5. The first kappa shape index (κ1) is 16.4. The molecule has 0 radical (unpaired) electrons. The topological polar surface area (TPSA) is 68.3 Å². The van der Waals surface area contributed by atoms with Crippen molar-refractivity contribution in [3.05, 3.63) is 36.0 Å². The van der Waals surface area contributed by atoms with E-state index in [9.17, 15) is 8.42 Å². The molecule has 0 aliphatic carbocycles. The number of halogens is 1. The number of benzene rings is 1. The van der Waals surface area contributed by atoms with Gasteiger partial charge in [0.05, 0.1) is 21.8 Å². The van der Waals surface area contributed by atoms with E-state index < -0.39 is 10.0 Å². The highest BCUT2D eigenvalue weighted by atomic mass is 79.9. The summed E-state index contributed by atoms with van der Waals surface area (Å²) in [4.78, 5) is 4.43. The quantitative estimate of drug-likeness (QED) is 0.789. The Morgan fingerprint density at radius 3 is 2.86 bits per heavy atom. The van der Waals surface area contributed by atoms with Gasteiger partial charge in [-0.25, -0.2) is 13.1 Å². The normalized spacial score (nSPS) is 13.5. The van der Waals surface area contributed by atoms with E-state index in [4.69, 9.17) is 4.74 Å². The Kier molecular flexibility index (Phi) is 5.32. The van der Waals surface area contributed by atoms with Crippen molar-refractivity contribution >= 4 is 36.9 Å². The Labute approximate surface area is 132 Å². The van der Waals surface area contributed by atoms with Gasteiger partial charge in [-0.15, -0.1) is 0 Å². The number of methoxy groups -OCH3 is 1. The largest absolute Gasteiger partial charge is 0.383 e. The van der Waals surface area contributed by atoms with Crippen LogP contribution in [0.3, 0.4) is 0 Å². The standard InChI is InChI=1S/C14H17BrN2O3S/c1-10-5-6-13(12-4-3-7-16-14(10)12)21(18,19)17-8-11(15)9-20-2/h3-7,11,17H,8-9H2,1-2H3. The molecule has 21 heavy (non-hydrogen) atoms. The van der Waals surface area contributed by atoms with E-state index in [0.717, 1.165) is 5.56 Å². The first-order valence-corrected chi connectivity index (χ1v) is 8.82. The maximum absolute atomic E-state index is 12.5. The minimum absolute atomic E-state index is 0.0767. The molecule has 1 heterocycles. The van der Waals surface area contributed by atoms with Crippen molar-refractivity contribution in [1.82, 2.24) is 9.71 Å². The van der Waals surface area contributed by atoms with E-state index in [1.54, 1.807) is 37.6 Å². The molecular weight excluding hydrogens is 356 g/mol. The Hall–Kier alpha value is -1.02. The number of sulfonamides is 1. The maximum Gasteiger partial charge on any atom is 0.241 e. The van der Waals surface area contributed by atoms with Crippen LogP contribution in [0.4, 0.5) is 0 Å². The summed E-state index contributed by atoms with van der Waals surface area (Å²) in [6, 6.07) is 6.88. The molecule has 114 valence electrons. The second kappa shape index (κ2) is 6.83. The Morgan fingerprint density at radius 1 is 1.38 bits per heavy atom. The number of nitrogens with one attached hydrogen (secondary N) is 1. The highest BCUT2D eigenvalue weighted by Gasteiger charge is 2.19. The van der Waals surface area contributed by atoms with Crippen molar-refractivity contribution in [3.8, 4) is 0 Å². The fourth-order valence-corrected chi connectivity index (χ4v) is 3.96. The Morgan fingerprint density at radius 2 is 2.14 bits per heavy atom. The van der Waals surface area contributed by atoms with E-state index in [-0.39, 0.29) is 16.3 Å². The molecule has 1 unspecified atom stereocenters. The lowest BCUT2D eigenvalue weighted by molar-refractivity contribution is 0.201. The number of rotatable bonds is 6. The van der Waals surface area contributed by atoms with E-state index in [1.165, 1.54) is 0 Å². The third-order valence-electron chi connectivity index (χ3n) is 3.06. The number of aromatic nitrogens is 1. The van der Waals surface area contributed by atoms with Crippen LogP contribution in [0.25, 0.3) is 10.9 Å². The molecule has 0 saturated carbocycles.